The van der Waals surface area contributed by atoms with E-state index in [0.29, 0.717) is 11.4 Å². The number of anilines is 1. The number of hydrogen-bond acceptors (Lipinski definition) is 3. The molecule has 134 valence electrons. The van der Waals surface area contributed by atoms with Crippen LogP contribution >= 0.6 is 46.4 Å². The summed E-state index contributed by atoms with van der Waals surface area (Å²) in [4.78, 5) is 16.6. The number of pyridine rings is 1. The third-order valence-corrected chi connectivity index (χ3v) is 5.41. The van der Waals surface area contributed by atoms with Crippen LogP contribution in [0.5, 0.6) is 0 Å². The van der Waals surface area contributed by atoms with Crippen LogP contribution in [0.15, 0.2) is 30.3 Å². The Morgan fingerprint density at radius 1 is 1.00 bits per heavy atom. The molecule has 0 saturated carbocycles. The summed E-state index contributed by atoms with van der Waals surface area (Å²) in [6.45, 7) is 3.64. The smallest absolute Gasteiger partial charge is 0.276 e. The van der Waals surface area contributed by atoms with Crippen LogP contribution in [-0.2, 0) is 0 Å². The first-order valence-electron chi connectivity index (χ1n) is 7.44. The normalized spacial score (nSPS) is 10.8. The first-order valence-corrected chi connectivity index (χ1v) is 8.95. The SMILES string of the molecule is Cc1nn(-c2ccccc2)c(C)c1NC(=O)c1nc(Cl)c(Cl)c(Cl)c1Cl. The lowest BCUT2D eigenvalue weighted by Gasteiger charge is -2.10. The van der Waals surface area contributed by atoms with Crippen molar-refractivity contribution in [1.82, 2.24) is 14.8 Å². The molecule has 0 aliphatic heterocycles. The number of amides is 1. The number of carbonyl (C=O) groups excluding carboxylic acids is 1. The highest BCUT2D eigenvalue weighted by molar-refractivity contribution is 6.52. The van der Waals surface area contributed by atoms with Crippen molar-refractivity contribution in [2.75, 3.05) is 5.32 Å². The number of para-hydroxylation sites is 1. The van der Waals surface area contributed by atoms with Crippen molar-refractivity contribution in [3.05, 3.63) is 67.6 Å². The molecule has 2 heterocycles. The highest BCUT2D eigenvalue weighted by Gasteiger charge is 2.22. The number of nitrogens with zero attached hydrogens (tertiary/aromatic N) is 3. The average molecular weight is 430 g/mol. The molecule has 0 atom stereocenters. The van der Waals surface area contributed by atoms with Gasteiger partial charge in [-0.2, -0.15) is 5.10 Å². The standard InChI is InChI=1S/C17H12Cl4N4O/c1-8-14(9(2)25(24-8)10-6-4-3-5-7-10)23-17(26)15-12(19)11(18)13(20)16(21)22-15/h3-7H,1-2H3,(H,23,26). The summed E-state index contributed by atoms with van der Waals surface area (Å²) in [6, 6.07) is 9.57. The van der Waals surface area contributed by atoms with Gasteiger partial charge in [0.1, 0.15) is 10.8 Å². The molecule has 0 radical (unpaired) electrons. The quantitative estimate of drug-likeness (QED) is 0.539. The van der Waals surface area contributed by atoms with Crippen molar-refractivity contribution in [1.29, 1.82) is 0 Å². The average Bonchev–Trinajstić information content (AvgIpc) is 2.91. The van der Waals surface area contributed by atoms with Crippen LogP contribution in [0.2, 0.25) is 20.2 Å². The Morgan fingerprint density at radius 2 is 1.65 bits per heavy atom. The van der Waals surface area contributed by atoms with Crippen LogP contribution in [0.25, 0.3) is 5.69 Å². The minimum absolute atomic E-state index is 0.000795. The molecule has 1 N–H and O–H groups in total. The maximum absolute atomic E-state index is 12.6. The number of rotatable bonds is 3. The molecule has 9 heteroatoms. The van der Waals surface area contributed by atoms with Crippen LogP contribution in [0, 0.1) is 13.8 Å². The van der Waals surface area contributed by atoms with Crippen molar-refractivity contribution < 1.29 is 4.79 Å². The minimum Gasteiger partial charge on any atom is -0.317 e. The van der Waals surface area contributed by atoms with Gasteiger partial charge in [0.25, 0.3) is 5.91 Å². The third-order valence-electron chi connectivity index (χ3n) is 3.73. The van der Waals surface area contributed by atoms with E-state index >= 15 is 0 Å². The summed E-state index contributed by atoms with van der Waals surface area (Å²) in [5.41, 5.74) is 2.71. The van der Waals surface area contributed by atoms with Gasteiger partial charge >= 0.3 is 0 Å². The first-order chi connectivity index (χ1) is 12.3. The fourth-order valence-electron chi connectivity index (χ4n) is 2.45. The zero-order valence-corrected chi connectivity index (χ0v) is 16.7. The van der Waals surface area contributed by atoms with Gasteiger partial charge in [-0.1, -0.05) is 64.6 Å². The monoisotopic (exact) mass is 428 g/mol. The van der Waals surface area contributed by atoms with Gasteiger partial charge in [-0.25, -0.2) is 9.67 Å². The number of halogens is 4. The number of benzene rings is 1. The molecule has 0 fully saturated rings. The number of aryl methyl sites for hydroxylation is 1. The molecule has 2 aromatic heterocycles. The maximum Gasteiger partial charge on any atom is 0.276 e. The van der Waals surface area contributed by atoms with E-state index in [1.807, 2.05) is 37.3 Å². The Labute approximate surface area is 169 Å². The number of carbonyl (C=O) groups is 1. The van der Waals surface area contributed by atoms with Gasteiger partial charge in [0, 0.05) is 0 Å². The summed E-state index contributed by atoms with van der Waals surface area (Å²) in [5, 5.41) is 7.06. The second-order valence-electron chi connectivity index (χ2n) is 5.44. The Bertz CT molecular complexity index is 1000. The lowest BCUT2D eigenvalue weighted by Crippen LogP contribution is -2.16. The second kappa shape index (κ2) is 7.45. The van der Waals surface area contributed by atoms with E-state index in [-0.39, 0.29) is 25.9 Å². The molecule has 0 spiro atoms. The number of hydrogen-bond donors (Lipinski definition) is 1. The molecular formula is C17H12Cl4N4O. The van der Waals surface area contributed by atoms with E-state index < -0.39 is 5.91 Å². The number of aromatic nitrogens is 3. The molecule has 1 aromatic carbocycles. The molecule has 3 rings (SSSR count). The zero-order valence-electron chi connectivity index (χ0n) is 13.6. The van der Waals surface area contributed by atoms with Gasteiger partial charge < -0.3 is 5.32 Å². The van der Waals surface area contributed by atoms with Crippen LogP contribution in [-0.4, -0.2) is 20.7 Å². The summed E-state index contributed by atoms with van der Waals surface area (Å²) in [5.74, 6) is -0.561. The van der Waals surface area contributed by atoms with Crippen LogP contribution in [0.4, 0.5) is 5.69 Å². The lowest BCUT2D eigenvalue weighted by molar-refractivity contribution is 0.102. The van der Waals surface area contributed by atoms with Gasteiger partial charge in [0.15, 0.2) is 0 Å². The topological polar surface area (TPSA) is 59.8 Å². The van der Waals surface area contributed by atoms with E-state index in [2.05, 4.69) is 15.4 Å². The number of nitrogens with one attached hydrogen (secondary N) is 1. The molecule has 3 aromatic rings. The van der Waals surface area contributed by atoms with Crippen molar-refractivity contribution in [2.45, 2.75) is 13.8 Å². The highest BCUT2D eigenvalue weighted by Crippen LogP contribution is 2.36. The van der Waals surface area contributed by atoms with Gasteiger partial charge in [-0.3, -0.25) is 4.79 Å². The van der Waals surface area contributed by atoms with Crippen LogP contribution < -0.4 is 5.32 Å². The molecular weight excluding hydrogens is 418 g/mol. The fraction of sp³-hybridized carbons (Fsp3) is 0.118. The Morgan fingerprint density at radius 3 is 2.31 bits per heavy atom. The Balaban J connectivity index is 1.98. The molecule has 26 heavy (non-hydrogen) atoms. The van der Waals surface area contributed by atoms with Crippen molar-refractivity contribution in [3.8, 4) is 5.69 Å². The first kappa shape index (κ1) is 19.0. The van der Waals surface area contributed by atoms with Crippen molar-refractivity contribution in [2.24, 2.45) is 0 Å². The Hall–Kier alpha value is -1.79. The molecule has 0 saturated heterocycles. The summed E-state index contributed by atoms with van der Waals surface area (Å²) in [7, 11) is 0. The van der Waals surface area contributed by atoms with Gasteiger partial charge in [-0.05, 0) is 26.0 Å². The molecule has 0 bridgehead atoms. The fourth-order valence-corrected chi connectivity index (χ4v) is 3.27. The Kier molecular flexibility index (Phi) is 5.44. The summed E-state index contributed by atoms with van der Waals surface area (Å²) >= 11 is 23.9. The van der Waals surface area contributed by atoms with Gasteiger partial charge in [-0.15, -0.1) is 0 Å². The zero-order chi connectivity index (χ0) is 19.0. The second-order valence-corrected chi connectivity index (χ2v) is 6.93. The summed E-state index contributed by atoms with van der Waals surface area (Å²) < 4.78 is 1.74. The predicted molar refractivity (Wildman–Crippen MR) is 105 cm³/mol. The van der Waals surface area contributed by atoms with Gasteiger partial charge in [0.05, 0.1) is 37.8 Å². The predicted octanol–water partition coefficient (Wildman–Crippen LogP) is 5.75. The molecule has 5 nitrogen and oxygen atoms in total. The highest BCUT2D eigenvalue weighted by atomic mass is 35.5. The minimum atomic E-state index is -0.561. The third kappa shape index (κ3) is 3.40. The van der Waals surface area contributed by atoms with E-state index in [9.17, 15) is 4.79 Å². The van der Waals surface area contributed by atoms with E-state index in [4.69, 9.17) is 46.4 Å². The molecule has 0 aliphatic carbocycles. The summed E-state index contributed by atoms with van der Waals surface area (Å²) in [6.07, 6.45) is 0. The van der Waals surface area contributed by atoms with Gasteiger partial charge in [0.2, 0.25) is 0 Å². The molecule has 0 aliphatic rings. The van der Waals surface area contributed by atoms with Crippen molar-refractivity contribution in [3.63, 3.8) is 0 Å². The lowest BCUT2D eigenvalue weighted by atomic mass is 10.2. The largest absolute Gasteiger partial charge is 0.317 e. The van der Waals surface area contributed by atoms with Crippen LogP contribution in [0.3, 0.4) is 0 Å². The van der Waals surface area contributed by atoms with E-state index in [1.165, 1.54) is 0 Å². The van der Waals surface area contributed by atoms with E-state index in [1.54, 1.807) is 11.6 Å². The van der Waals surface area contributed by atoms with Crippen molar-refractivity contribution >= 4 is 58.0 Å². The molecule has 0 unspecified atom stereocenters. The van der Waals surface area contributed by atoms with Crippen LogP contribution in [0.1, 0.15) is 21.9 Å². The maximum atomic E-state index is 12.6. The van der Waals surface area contributed by atoms with E-state index in [0.717, 1.165) is 11.4 Å². The molecule has 1 amide bonds.